The summed E-state index contributed by atoms with van der Waals surface area (Å²) in [6, 6.07) is 4.32. The van der Waals surface area contributed by atoms with Gasteiger partial charge in [-0.2, -0.15) is 24.9 Å². The highest BCUT2D eigenvalue weighted by atomic mass is 32.2. The average Bonchev–Trinajstić information content (AvgIpc) is 2.07. The Balaban J connectivity index is 3.14. The normalized spacial score (nSPS) is 11.8. The Morgan fingerprint density at radius 2 is 1.93 bits per heavy atom. The second-order valence-electron chi connectivity index (χ2n) is 3.02. The van der Waals surface area contributed by atoms with Crippen molar-refractivity contribution in [1.82, 2.24) is 0 Å². The number of benzene rings is 1. The first-order chi connectivity index (χ1) is 6.46. The maximum Gasteiger partial charge on any atom is 0.416 e. The van der Waals surface area contributed by atoms with Crippen molar-refractivity contribution >= 4 is 11.8 Å². The molecule has 0 unspecified atom stereocenters. The van der Waals surface area contributed by atoms with E-state index in [2.05, 4.69) is 0 Å². The number of hydrogen-bond donors (Lipinski definition) is 0. The SMILES string of the molecule is CSCc1cccc(C(F)(F)F)c1C. The molecule has 0 saturated carbocycles. The molecule has 1 aromatic carbocycles. The van der Waals surface area contributed by atoms with Crippen molar-refractivity contribution in [2.45, 2.75) is 18.9 Å². The zero-order valence-corrected chi connectivity index (χ0v) is 8.80. The molecule has 0 aliphatic heterocycles. The molecule has 0 spiro atoms. The number of rotatable bonds is 2. The molecule has 0 aromatic heterocycles. The minimum Gasteiger partial charge on any atom is -0.166 e. The van der Waals surface area contributed by atoms with Gasteiger partial charge in [0.1, 0.15) is 0 Å². The summed E-state index contributed by atoms with van der Waals surface area (Å²) >= 11 is 1.52. The van der Waals surface area contributed by atoms with Crippen molar-refractivity contribution in [1.29, 1.82) is 0 Å². The van der Waals surface area contributed by atoms with Gasteiger partial charge >= 0.3 is 6.18 Å². The van der Waals surface area contributed by atoms with Gasteiger partial charge in [-0.3, -0.25) is 0 Å². The average molecular weight is 220 g/mol. The summed E-state index contributed by atoms with van der Waals surface area (Å²) in [6.45, 7) is 1.52. The van der Waals surface area contributed by atoms with E-state index in [1.165, 1.54) is 24.8 Å². The Morgan fingerprint density at radius 1 is 1.29 bits per heavy atom. The fourth-order valence-electron chi connectivity index (χ4n) is 1.30. The summed E-state index contributed by atoms with van der Waals surface area (Å²) in [6.07, 6.45) is -2.36. The second-order valence-corrected chi connectivity index (χ2v) is 3.89. The Labute approximate surface area is 85.5 Å². The van der Waals surface area contributed by atoms with Gasteiger partial charge in [0.2, 0.25) is 0 Å². The first-order valence-electron chi connectivity index (χ1n) is 4.11. The molecular weight excluding hydrogens is 209 g/mol. The standard InChI is InChI=1S/C10H11F3S/c1-7-8(6-14-2)4-3-5-9(7)10(11,12)13/h3-5H,6H2,1-2H3. The third-order valence-corrected chi connectivity index (χ3v) is 2.65. The zero-order valence-electron chi connectivity index (χ0n) is 7.98. The lowest BCUT2D eigenvalue weighted by molar-refractivity contribution is -0.138. The van der Waals surface area contributed by atoms with E-state index in [4.69, 9.17) is 0 Å². The Bertz CT molecular complexity index is 318. The Kier molecular flexibility index (Phi) is 3.48. The van der Waals surface area contributed by atoms with Crippen molar-refractivity contribution in [3.05, 3.63) is 34.9 Å². The van der Waals surface area contributed by atoms with Crippen molar-refractivity contribution in [2.75, 3.05) is 6.26 Å². The summed E-state index contributed by atoms with van der Waals surface area (Å²) in [5.41, 5.74) is 0.575. The van der Waals surface area contributed by atoms with Crippen LogP contribution in [0.3, 0.4) is 0 Å². The number of thioether (sulfide) groups is 1. The van der Waals surface area contributed by atoms with Crippen LogP contribution in [0.2, 0.25) is 0 Å². The first kappa shape index (κ1) is 11.4. The van der Waals surface area contributed by atoms with Crippen LogP contribution in [0.1, 0.15) is 16.7 Å². The zero-order chi connectivity index (χ0) is 10.8. The fourth-order valence-corrected chi connectivity index (χ4v) is 1.93. The molecule has 0 bridgehead atoms. The van der Waals surface area contributed by atoms with Crippen LogP contribution in [0, 0.1) is 6.92 Å². The summed E-state index contributed by atoms with van der Waals surface area (Å²) in [5, 5.41) is 0. The molecule has 0 N–H and O–H groups in total. The molecule has 14 heavy (non-hydrogen) atoms. The largest absolute Gasteiger partial charge is 0.416 e. The number of halogens is 3. The van der Waals surface area contributed by atoms with E-state index in [0.717, 1.165) is 11.6 Å². The van der Waals surface area contributed by atoms with E-state index in [0.29, 0.717) is 11.3 Å². The second kappa shape index (κ2) is 4.26. The van der Waals surface area contributed by atoms with Crippen molar-refractivity contribution in [3.8, 4) is 0 Å². The van der Waals surface area contributed by atoms with E-state index in [9.17, 15) is 13.2 Å². The van der Waals surface area contributed by atoms with Gasteiger partial charge in [0.15, 0.2) is 0 Å². The molecule has 4 heteroatoms. The molecule has 0 aliphatic rings. The van der Waals surface area contributed by atoms with Gasteiger partial charge < -0.3 is 0 Å². The van der Waals surface area contributed by atoms with Crippen LogP contribution in [0.25, 0.3) is 0 Å². The van der Waals surface area contributed by atoms with Gasteiger partial charge in [0.25, 0.3) is 0 Å². The van der Waals surface area contributed by atoms with Gasteiger partial charge in [-0.05, 0) is 30.4 Å². The van der Waals surface area contributed by atoms with E-state index < -0.39 is 11.7 Å². The fraction of sp³-hybridized carbons (Fsp3) is 0.400. The lowest BCUT2D eigenvalue weighted by Crippen LogP contribution is -2.08. The minimum absolute atomic E-state index is 0.342. The molecule has 1 aromatic rings. The van der Waals surface area contributed by atoms with Crippen LogP contribution in [0.5, 0.6) is 0 Å². The predicted molar refractivity (Wildman–Crippen MR) is 53.4 cm³/mol. The van der Waals surface area contributed by atoms with Gasteiger partial charge in [-0.15, -0.1) is 0 Å². The van der Waals surface area contributed by atoms with Gasteiger partial charge in [-0.25, -0.2) is 0 Å². The number of hydrogen-bond acceptors (Lipinski definition) is 1. The maximum absolute atomic E-state index is 12.5. The van der Waals surface area contributed by atoms with Crippen LogP contribution >= 0.6 is 11.8 Å². The predicted octanol–water partition coefficient (Wildman–Crippen LogP) is 3.88. The number of alkyl halides is 3. The Morgan fingerprint density at radius 3 is 2.43 bits per heavy atom. The van der Waals surface area contributed by atoms with E-state index in [1.54, 1.807) is 6.07 Å². The highest BCUT2D eigenvalue weighted by molar-refractivity contribution is 7.97. The molecule has 1 rings (SSSR count). The van der Waals surface area contributed by atoms with Gasteiger partial charge in [-0.1, -0.05) is 12.1 Å². The highest BCUT2D eigenvalue weighted by Gasteiger charge is 2.32. The third kappa shape index (κ3) is 2.44. The van der Waals surface area contributed by atoms with Crippen molar-refractivity contribution < 1.29 is 13.2 Å². The topological polar surface area (TPSA) is 0 Å². The molecule has 0 radical (unpaired) electrons. The minimum atomic E-state index is -4.24. The molecule has 0 aliphatic carbocycles. The highest BCUT2D eigenvalue weighted by Crippen LogP contribution is 2.33. The maximum atomic E-state index is 12.5. The summed E-state index contributed by atoms with van der Waals surface area (Å²) < 4.78 is 37.4. The lowest BCUT2D eigenvalue weighted by Gasteiger charge is -2.13. The molecule has 0 fully saturated rings. The first-order valence-corrected chi connectivity index (χ1v) is 5.51. The summed E-state index contributed by atoms with van der Waals surface area (Å²) in [7, 11) is 0. The molecular formula is C10H11F3S. The third-order valence-electron chi connectivity index (χ3n) is 2.05. The summed E-state index contributed by atoms with van der Waals surface area (Å²) in [5.74, 6) is 0.621. The van der Waals surface area contributed by atoms with E-state index in [-0.39, 0.29) is 0 Å². The molecule has 0 amide bonds. The van der Waals surface area contributed by atoms with Crippen molar-refractivity contribution in [2.24, 2.45) is 0 Å². The van der Waals surface area contributed by atoms with E-state index >= 15 is 0 Å². The van der Waals surface area contributed by atoms with Gasteiger partial charge in [0.05, 0.1) is 5.56 Å². The van der Waals surface area contributed by atoms with Gasteiger partial charge in [0, 0.05) is 5.75 Å². The smallest absolute Gasteiger partial charge is 0.166 e. The molecule has 0 atom stereocenters. The summed E-state index contributed by atoms with van der Waals surface area (Å²) in [4.78, 5) is 0. The van der Waals surface area contributed by atoms with Crippen LogP contribution < -0.4 is 0 Å². The molecule has 0 nitrogen and oxygen atoms in total. The van der Waals surface area contributed by atoms with Crippen LogP contribution in [0.4, 0.5) is 13.2 Å². The molecule has 0 heterocycles. The van der Waals surface area contributed by atoms with Crippen molar-refractivity contribution in [3.63, 3.8) is 0 Å². The monoisotopic (exact) mass is 220 g/mol. The quantitative estimate of drug-likeness (QED) is 0.729. The molecule has 78 valence electrons. The van der Waals surface area contributed by atoms with E-state index in [1.807, 2.05) is 6.26 Å². The molecule has 0 saturated heterocycles. The van der Waals surface area contributed by atoms with Crippen LogP contribution in [-0.4, -0.2) is 6.26 Å². The van der Waals surface area contributed by atoms with Crippen LogP contribution in [-0.2, 0) is 11.9 Å². The van der Waals surface area contributed by atoms with Crippen LogP contribution in [0.15, 0.2) is 18.2 Å². The lowest BCUT2D eigenvalue weighted by atomic mass is 10.0. The Hall–Kier alpha value is -0.640.